The Morgan fingerprint density at radius 3 is 2.53 bits per heavy atom. The van der Waals surface area contributed by atoms with Gasteiger partial charge in [-0.15, -0.1) is 10.2 Å². The minimum Gasteiger partial charge on any atom is -0.497 e. The van der Waals surface area contributed by atoms with Crippen LogP contribution in [0.5, 0.6) is 5.75 Å². The van der Waals surface area contributed by atoms with Crippen LogP contribution in [-0.4, -0.2) is 27.3 Å². The third kappa shape index (κ3) is 1.96. The summed E-state index contributed by atoms with van der Waals surface area (Å²) in [5, 5.41) is 12.1. The Balaban J connectivity index is 2.28. The topological polar surface area (TPSA) is 52.8 Å². The number of aryl methyl sites for hydroxylation is 1. The highest BCUT2D eigenvalue weighted by Crippen LogP contribution is 2.17. The second-order valence-corrected chi connectivity index (χ2v) is 3.03. The van der Waals surface area contributed by atoms with Gasteiger partial charge in [-0.1, -0.05) is 0 Å². The first-order valence-electron chi connectivity index (χ1n) is 4.75. The van der Waals surface area contributed by atoms with E-state index >= 15 is 0 Å². The third-order valence-electron chi connectivity index (χ3n) is 2.08. The van der Waals surface area contributed by atoms with Crippen LogP contribution >= 0.6 is 0 Å². The molecule has 0 N–H and O–H groups in total. The molecular weight excluding hydrogens is 192 g/mol. The number of aromatic nitrogens is 4. The maximum absolute atomic E-state index is 5.07. The molecule has 2 rings (SSSR count). The smallest absolute Gasteiger partial charge is 0.204 e. The highest BCUT2D eigenvalue weighted by molar-refractivity contribution is 5.54. The van der Waals surface area contributed by atoms with Crippen molar-refractivity contribution in [3.05, 3.63) is 24.3 Å². The molecule has 0 aliphatic heterocycles. The van der Waals surface area contributed by atoms with E-state index in [0.29, 0.717) is 5.82 Å². The molecule has 0 bridgehead atoms. The number of tetrazole rings is 1. The van der Waals surface area contributed by atoms with Gasteiger partial charge in [0.05, 0.1) is 13.7 Å². The minimum absolute atomic E-state index is 0.638. The number of ether oxygens (including phenoxy) is 1. The summed E-state index contributed by atoms with van der Waals surface area (Å²) in [6.07, 6.45) is 0. The Hall–Kier alpha value is -1.91. The normalized spacial score (nSPS) is 10.3. The average Bonchev–Trinajstić information content (AvgIpc) is 2.78. The Labute approximate surface area is 87.7 Å². The molecule has 0 atom stereocenters. The van der Waals surface area contributed by atoms with E-state index in [1.165, 1.54) is 0 Å². The Bertz CT molecular complexity index is 435. The van der Waals surface area contributed by atoms with Crippen LogP contribution in [0.3, 0.4) is 0 Å². The van der Waals surface area contributed by atoms with Crippen molar-refractivity contribution in [2.75, 3.05) is 7.11 Å². The number of benzene rings is 1. The van der Waals surface area contributed by atoms with Gasteiger partial charge < -0.3 is 4.74 Å². The van der Waals surface area contributed by atoms with Crippen molar-refractivity contribution < 1.29 is 4.74 Å². The molecule has 5 heteroatoms. The van der Waals surface area contributed by atoms with E-state index < -0.39 is 0 Å². The lowest BCUT2D eigenvalue weighted by Crippen LogP contribution is -1.98. The quantitative estimate of drug-likeness (QED) is 0.757. The van der Waals surface area contributed by atoms with Gasteiger partial charge >= 0.3 is 0 Å². The fourth-order valence-electron chi connectivity index (χ4n) is 1.23. The van der Waals surface area contributed by atoms with E-state index in [2.05, 4.69) is 15.4 Å². The van der Waals surface area contributed by atoms with Crippen molar-refractivity contribution in [3.63, 3.8) is 0 Å². The SMILES string of the molecule is CCn1nnc(-c2ccc(OC)cc2)n1. The zero-order valence-corrected chi connectivity index (χ0v) is 8.71. The summed E-state index contributed by atoms with van der Waals surface area (Å²) in [4.78, 5) is 1.56. The van der Waals surface area contributed by atoms with E-state index in [9.17, 15) is 0 Å². The fourth-order valence-corrected chi connectivity index (χ4v) is 1.23. The predicted octanol–water partition coefficient (Wildman–Crippen LogP) is 1.37. The van der Waals surface area contributed by atoms with Gasteiger partial charge in [0, 0.05) is 5.56 Å². The Morgan fingerprint density at radius 2 is 2.00 bits per heavy atom. The molecule has 1 heterocycles. The highest BCUT2D eigenvalue weighted by Gasteiger charge is 2.04. The molecule has 0 saturated heterocycles. The van der Waals surface area contributed by atoms with Gasteiger partial charge in [0.15, 0.2) is 0 Å². The first kappa shape index (κ1) is 9.64. The van der Waals surface area contributed by atoms with E-state index in [1.807, 2.05) is 31.2 Å². The lowest BCUT2D eigenvalue weighted by atomic mass is 10.2. The van der Waals surface area contributed by atoms with Crippen LogP contribution in [0.15, 0.2) is 24.3 Å². The molecule has 1 aromatic heterocycles. The summed E-state index contributed by atoms with van der Waals surface area (Å²) in [6, 6.07) is 7.58. The van der Waals surface area contributed by atoms with Gasteiger partial charge in [-0.25, -0.2) is 0 Å². The molecule has 15 heavy (non-hydrogen) atoms. The zero-order chi connectivity index (χ0) is 10.7. The van der Waals surface area contributed by atoms with Crippen molar-refractivity contribution in [2.24, 2.45) is 0 Å². The Kier molecular flexibility index (Phi) is 2.62. The number of methoxy groups -OCH3 is 1. The van der Waals surface area contributed by atoms with Gasteiger partial charge in [-0.2, -0.15) is 4.80 Å². The van der Waals surface area contributed by atoms with E-state index in [-0.39, 0.29) is 0 Å². The molecule has 0 fully saturated rings. The molecule has 5 nitrogen and oxygen atoms in total. The van der Waals surface area contributed by atoms with Gasteiger partial charge in [0.2, 0.25) is 5.82 Å². The Morgan fingerprint density at radius 1 is 1.27 bits per heavy atom. The molecule has 0 spiro atoms. The summed E-state index contributed by atoms with van der Waals surface area (Å²) < 4.78 is 5.07. The summed E-state index contributed by atoms with van der Waals surface area (Å²) in [5.41, 5.74) is 0.940. The van der Waals surface area contributed by atoms with Crippen LogP contribution in [0.2, 0.25) is 0 Å². The van der Waals surface area contributed by atoms with Crippen molar-refractivity contribution in [2.45, 2.75) is 13.5 Å². The van der Waals surface area contributed by atoms with Gasteiger partial charge in [0.1, 0.15) is 5.75 Å². The minimum atomic E-state index is 0.638. The maximum atomic E-state index is 5.07. The molecule has 1 aromatic carbocycles. The van der Waals surface area contributed by atoms with Crippen molar-refractivity contribution in [3.8, 4) is 17.1 Å². The molecule has 0 unspecified atom stereocenters. The largest absolute Gasteiger partial charge is 0.497 e. The van der Waals surface area contributed by atoms with Gasteiger partial charge in [0.25, 0.3) is 0 Å². The average molecular weight is 204 g/mol. The van der Waals surface area contributed by atoms with Crippen LogP contribution in [0.4, 0.5) is 0 Å². The molecule has 0 aliphatic rings. The number of hydrogen-bond donors (Lipinski definition) is 0. The summed E-state index contributed by atoms with van der Waals surface area (Å²) in [6.45, 7) is 2.70. The molecule has 2 aromatic rings. The van der Waals surface area contributed by atoms with E-state index in [4.69, 9.17) is 4.74 Å². The van der Waals surface area contributed by atoms with Gasteiger partial charge in [-0.05, 0) is 36.4 Å². The lowest BCUT2D eigenvalue weighted by molar-refractivity contribution is 0.415. The molecule has 0 aliphatic carbocycles. The monoisotopic (exact) mass is 204 g/mol. The molecule has 78 valence electrons. The molecule has 0 radical (unpaired) electrons. The number of rotatable bonds is 3. The zero-order valence-electron chi connectivity index (χ0n) is 8.71. The first-order chi connectivity index (χ1) is 7.33. The van der Waals surface area contributed by atoms with Gasteiger partial charge in [-0.3, -0.25) is 0 Å². The first-order valence-corrected chi connectivity index (χ1v) is 4.75. The van der Waals surface area contributed by atoms with E-state index in [1.54, 1.807) is 11.9 Å². The fraction of sp³-hybridized carbons (Fsp3) is 0.300. The van der Waals surface area contributed by atoms with Crippen LogP contribution in [0.25, 0.3) is 11.4 Å². The molecule has 0 saturated carbocycles. The van der Waals surface area contributed by atoms with E-state index in [0.717, 1.165) is 17.9 Å². The number of hydrogen-bond acceptors (Lipinski definition) is 4. The lowest BCUT2D eigenvalue weighted by Gasteiger charge is -1.98. The van der Waals surface area contributed by atoms with Crippen LogP contribution in [-0.2, 0) is 6.54 Å². The summed E-state index contributed by atoms with van der Waals surface area (Å²) in [5.74, 6) is 1.46. The highest BCUT2D eigenvalue weighted by atomic mass is 16.5. The third-order valence-corrected chi connectivity index (χ3v) is 2.08. The molecular formula is C10H12N4O. The second kappa shape index (κ2) is 4.08. The predicted molar refractivity (Wildman–Crippen MR) is 55.5 cm³/mol. The molecule has 0 amide bonds. The van der Waals surface area contributed by atoms with Crippen molar-refractivity contribution >= 4 is 0 Å². The van der Waals surface area contributed by atoms with Crippen LogP contribution in [0, 0.1) is 0 Å². The number of nitrogens with zero attached hydrogens (tertiary/aromatic N) is 4. The standard InChI is InChI=1S/C10H12N4O/c1-3-14-12-10(11-13-14)8-4-6-9(15-2)7-5-8/h4-7H,3H2,1-2H3. The second-order valence-electron chi connectivity index (χ2n) is 3.03. The summed E-state index contributed by atoms with van der Waals surface area (Å²) in [7, 11) is 1.64. The van der Waals surface area contributed by atoms with Crippen LogP contribution < -0.4 is 4.74 Å². The van der Waals surface area contributed by atoms with Crippen molar-refractivity contribution in [1.82, 2.24) is 20.2 Å². The van der Waals surface area contributed by atoms with Crippen LogP contribution in [0.1, 0.15) is 6.92 Å². The van der Waals surface area contributed by atoms with Crippen molar-refractivity contribution in [1.29, 1.82) is 0 Å². The maximum Gasteiger partial charge on any atom is 0.204 e. The summed E-state index contributed by atoms with van der Waals surface area (Å²) >= 11 is 0.